The van der Waals surface area contributed by atoms with Gasteiger partial charge in [-0.05, 0) is 23.7 Å². The molecule has 8 heteroatoms. The largest absolute Gasteiger partial charge is 0.490 e. The summed E-state index contributed by atoms with van der Waals surface area (Å²) in [5, 5.41) is 10.4. The van der Waals surface area contributed by atoms with Gasteiger partial charge in [-0.25, -0.2) is 0 Å². The van der Waals surface area contributed by atoms with Crippen LogP contribution in [0.15, 0.2) is 18.2 Å². The second-order valence-corrected chi connectivity index (χ2v) is 4.70. The van der Waals surface area contributed by atoms with Gasteiger partial charge in [-0.2, -0.15) is 0 Å². The molecule has 106 valence electrons. The Morgan fingerprint density at radius 1 is 1.55 bits per heavy atom. The van der Waals surface area contributed by atoms with Crippen molar-refractivity contribution in [1.29, 1.82) is 0 Å². The normalized spacial score (nSPS) is 18.2. The minimum atomic E-state index is -0.590. The number of ether oxygens (including phenoxy) is 1. The van der Waals surface area contributed by atoms with Crippen LogP contribution in [0.2, 0.25) is 0 Å². The Morgan fingerprint density at radius 3 is 2.75 bits per heavy atom. The van der Waals surface area contributed by atoms with E-state index >= 15 is 0 Å². The Hall–Kier alpha value is -2.15. The molecule has 0 aromatic heterocycles. The lowest BCUT2D eigenvalue weighted by molar-refractivity contribution is -0.385. The van der Waals surface area contributed by atoms with Crippen molar-refractivity contribution in [3.05, 3.63) is 28.3 Å². The van der Waals surface area contributed by atoms with Gasteiger partial charge in [-0.15, -0.1) is 0 Å². The third kappa shape index (κ3) is 2.57. The van der Waals surface area contributed by atoms with Gasteiger partial charge in [0.15, 0.2) is 5.75 Å². The van der Waals surface area contributed by atoms with E-state index in [0.717, 1.165) is 0 Å². The smallest absolute Gasteiger partial charge is 0.312 e. The lowest BCUT2D eigenvalue weighted by Gasteiger charge is -2.16. The Balaban J connectivity index is 2.34. The molecule has 1 aromatic carbocycles. The van der Waals surface area contributed by atoms with E-state index in [4.69, 9.17) is 16.3 Å². The minimum absolute atomic E-state index is 0.0160. The first-order valence-electron chi connectivity index (χ1n) is 5.76. The zero-order valence-electron chi connectivity index (χ0n) is 10.5. The highest BCUT2D eigenvalue weighted by Gasteiger charge is 2.35. The predicted molar refractivity (Wildman–Crippen MR) is 71.0 cm³/mol. The molecule has 7 nitrogen and oxygen atoms in total. The van der Waals surface area contributed by atoms with E-state index in [1.165, 1.54) is 30.2 Å². The zero-order chi connectivity index (χ0) is 14.9. The topological polar surface area (TPSA) is 89.8 Å². The number of nitrogens with zero attached hydrogens (tertiary/aromatic N) is 2. The van der Waals surface area contributed by atoms with Crippen LogP contribution in [0.5, 0.6) is 5.75 Å². The molecule has 1 heterocycles. The molecule has 1 aromatic rings. The fourth-order valence-electron chi connectivity index (χ4n) is 2.10. The fraction of sp³-hybridized carbons (Fsp3) is 0.333. The van der Waals surface area contributed by atoms with Crippen molar-refractivity contribution in [2.75, 3.05) is 18.6 Å². The maximum Gasteiger partial charge on any atom is 0.312 e. The van der Waals surface area contributed by atoms with Crippen LogP contribution in [-0.4, -0.2) is 29.7 Å². The predicted octanol–water partition coefficient (Wildman–Crippen LogP) is 1.72. The van der Waals surface area contributed by atoms with Crippen LogP contribution in [0, 0.1) is 16.0 Å². The summed E-state index contributed by atoms with van der Waals surface area (Å²) in [5.74, 6) is -0.760. The summed E-state index contributed by atoms with van der Waals surface area (Å²) in [5.41, 5.74) is 0.112. The molecule has 2 rings (SSSR count). The van der Waals surface area contributed by atoms with Gasteiger partial charge in [0.25, 0.3) is 0 Å². The molecule has 20 heavy (non-hydrogen) atoms. The van der Waals surface area contributed by atoms with Crippen molar-refractivity contribution in [2.24, 2.45) is 5.92 Å². The van der Waals surface area contributed by atoms with Gasteiger partial charge in [0.1, 0.15) is 0 Å². The number of anilines is 1. The summed E-state index contributed by atoms with van der Waals surface area (Å²) in [6, 6.07) is 4.19. The fourth-order valence-corrected chi connectivity index (χ4v) is 2.24. The maximum atomic E-state index is 11.8. The zero-order valence-corrected chi connectivity index (χ0v) is 11.3. The number of amides is 1. The molecule has 0 N–H and O–H groups in total. The van der Waals surface area contributed by atoms with Crippen LogP contribution in [0.25, 0.3) is 0 Å². The molecule has 0 radical (unpaired) electrons. The van der Waals surface area contributed by atoms with Crippen molar-refractivity contribution in [2.45, 2.75) is 6.42 Å². The molecule has 1 aliphatic rings. The highest BCUT2D eigenvalue weighted by molar-refractivity contribution is 6.64. The van der Waals surface area contributed by atoms with Crippen LogP contribution >= 0.6 is 11.6 Å². The summed E-state index contributed by atoms with van der Waals surface area (Å²) in [6.45, 7) is 0.130. The molecule has 1 fully saturated rings. The Labute approximate surface area is 119 Å². The average molecular weight is 299 g/mol. The van der Waals surface area contributed by atoms with Gasteiger partial charge < -0.3 is 9.64 Å². The Bertz CT molecular complexity index is 589. The summed E-state index contributed by atoms with van der Waals surface area (Å²) in [4.78, 5) is 34.6. The average Bonchev–Trinajstić information content (AvgIpc) is 2.80. The highest BCUT2D eigenvalue weighted by Crippen LogP contribution is 2.34. The number of benzene rings is 1. The van der Waals surface area contributed by atoms with Crippen molar-refractivity contribution in [3.8, 4) is 5.75 Å². The Kier molecular flexibility index (Phi) is 3.89. The van der Waals surface area contributed by atoms with Crippen molar-refractivity contribution in [3.63, 3.8) is 0 Å². The monoisotopic (exact) mass is 298 g/mol. The van der Waals surface area contributed by atoms with Gasteiger partial charge in [0.05, 0.1) is 23.6 Å². The summed E-state index contributed by atoms with van der Waals surface area (Å²) < 4.78 is 4.89. The van der Waals surface area contributed by atoms with Gasteiger partial charge >= 0.3 is 5.69 Å². The van der Waals surface area contributed by atoms with Crippen LogP contribution in [0.3, 0.4) is 0 Å². The molecule has 0 aliphatic carbocycles. The molecule has 0 bridgehead atoms. The van der Waals surface area contributed by atoms with Crippen molar-refractivity contribution < 1.29 is 19.2 Å². The van der Waals surface area contributed by atoms with Gasteiger partial charge in [-0.1, -0.05) is 0 Å². The summed E-state index contributed by atoms with van der Waals surface area (Å²) >= 11 is 5.39. The van der Waals surface area contributed by atoms with Crippen molar-refractivity contribution >= 4 is 34.1 Å². The number of rotatable bonds is 4. The van der Waals surface area contributed by atoms with E-state index in [0.29, 0.717) is 5.69 Å². The second-order valence-electron chi connectivity index (χ2n) is 4.32. The van der Waals surface area contributed by atoms with E-state index in [1.54, 1.807) is 0 Å². The first kappa shape index (κ1) is 14.3. The summed E-state index contributed by atoms with van der Waals surface area (Å²) in [6.07, 6.45) is 0.0160. The van der Waals surface area contributed by atoms with Gasteiger partial charge in [0.2, 0.25) is 11.1 Å². The van der Waals surface area contributed by atoms with Crippen LogP contribution in [0.4, 0.5) is 11.4 Å². The van der Waals surface area contributed by atoms with E-state index in [1.807, 2.05) is 0 Å². The standard InChI is InChI=1S/C12H11ClN2O5/c1-20-10-3-2-8(5-9(10)15(18)19)14-6-7(12(13)17)4-11(14)16/h2-3,5,7H,4,6H2,1H3/t7-/m1/s1. The number of halogens is 1. The van der Waals surface area contributed by atoms with E-state index in [9.17, 15) is 19.7 Å². The number of hydrogen-bond acceptors (Lipinski definition) is 5. The minimum Gasteiger partial charge on any atom is -0.490 e. The van der Waals surface area contributed by atoms with E-state index in [-0.39, 0.29) is 30.3 Å². The van der Waals surface area contributed by atoms with Gasteiger partial charge in [-0.3, -0.25) is 19.7 Å². The van der Waals surface area contributed by atoms with Gasteiger partial charge in [0, 0.05) is 19.0 Å². The lowest BCUT2D eigenvalue weighted by Crippen LogP contribution is -2.25. The highest BCUT2D eigenvalue weighted by atomic mass is 35.5. The van der Waals surface area contributed by atoms with E-state index < -0.39 is 16.1 Å². The lowest BCUT2D eigenvalue weighted by atomic mass is 10.1. The van der Waals surface area contributed by atoms with Crippen molar-refractivity contribution in [1.82, 2.24) is 0 Å². The Morgan fingerprint density at radius 2 is 2.25 bits per heavy atom. The maximum absolute atomic E-state index is 11.8. The third-order valence-corrected chi connectivity index (χ3v) is 3.43. The molecular formula is C12H11ClN2O5. The SMILES string of the molecule is COc1ccc(N2C[C@H](C(=O)Cl)CC2=O)cc1[N+](=O)[O-]. The molecule has 1 aliphatic heterocycles. The number of methoxy groups -OCH3 is 1. The van der Waals surface area contributed by atoms with E-state index in [2.05, 4.69) is 0 Å². The molecule has 1 atom stereocenters. The molecule has 0 unspecified atom stereocenters. The quantitative estimate of drug-likeness (QED) is 0.479. The van der Waals surface area contributed by atoms with Crippen LogP contribution in [-0.2, 0) is 9.59 Å². The number of nitro groups is 1. The first-order valence-corrected chi connectivity index (χ1v) is 6.14. The molecular weight excluding hydrogens is 288 g/mol. The molecule has 0 spiro atoms. The molecule has 1 amide bonds. The second kappa shape index (κ2) is 5.46. The first-order chi connectivity index (χ1) is 9.43. The number of carbonyl (C=O) groups excluding carboxylic acids is 2. The molecule has 0 saturated carbocycles. The van der Waals surface area contributed by atoms with Crippen LogP contribution in [0.1, 0.15) is 6.42 Å². The number of nitro benzene ring substituents is 1. The number of carbonyl (C=O) groups is 2. The summed E-state index contributed by atoms with van der Waals surface area (Å²) in [7, 11) is 1.32. The molecule has 1 saturated heterocycles. The third-order valence-electron chi connectivity index (χ3n) is 3.12. The number of hydrogen-bond donors (Lipinski definition) is 0. The van der Waals surface area contributed by atoms with Crippen LogP contribution < -0.4 is 9.64 Å².